The second-order valence-corrected chi connectivity index (χ2v) is 7.39. The summed E-state index contributed by atoms with van der Waals surface area (Å²) in [5.41, 5.74) is 7.55. The minimum absolute atomic E-state index is 0.270. The number of aromatic amines is 1. The molecule has 140 valence electrons. The van der Waals surface area contributed by atoms with Gasteiger partial charge < -0.3 is 15.6 Å². The third-order valence-electron chi connectivity index (χ3n) is 4.41. The van der Waals surface area contributed by atoms with Crippen LogP contribution in [0.2, 0.25) is 0 Å². The quantitative estimate of drug-likeness (QED) is 0.520. The molecule has 1 aliphatic rings. The molecule has 0 unspecified atom stereocenters. The molecule has 0 atom stereocenters. The van der Waals surface area contributed by atoms with Gasteiger partial charge in [-0.1, -0.05) is 11.3 Å². The van der Waals surface area contributed by atoms with Crippen molar-refractivity contribution in [1.82, 2.24) is 29.7 Å². The molecule has 1 aliphatic carbocycles. The number of aromatic nitrogens is 6. The number of anilines is 2. The second-order valence-electron chi connectivity index (χ2n) is 6.42. The molecule has 0 bridgehead atoms. The minimum atomic E-state index is -0.545. The highest BCUT2D eigenvalue weighted by atomic mass is 32.1. The van der Waals surface area contributed by atoms with Crippen LogP contribution in [0.25, 0.3) is 16.5 Å². The Morgan fingerprint density at radius 2 is 2.11 bits per heavy atom. The third-order valence-corrected chi connectivity index (χ3v) is 5.50. The number of thiazole rings is 1. The van der Waals surface area contributed by atoms with Gasteiger partial charge in [0.25, 0.3) is 5.91 Å². The number of rotatable bonds is 6. The fraction of sp³-hybridized carbons (Fsp3) is 0.167. The minimum Gasteiger partial charge on any atom is -0.364 e. The first-order valence-electron chi connectivity index (χ1n) is 8.76. The van der Waals surface area contributed by atoms with Crippen molar-refractivity contribution in [3.05, 3.63) is 54.9 Å². The molecular weight excluding hydrogens is 376 g/mol. The number of carbonyl (C=O) groups is 1. The van der Waals surface area contributed by atoms with E-state index in [0.29, 0.717) is 12.0 Å². The fourth-order valence-electron chi connectivity index (χ4n) is 3.00. The zero-order chi connectivity index (χ0) is 19.1. The maximum absolute atomic E-state index is 12.0. The lowest BCUT2D eigenvalue weighted by molar-refractivity contribution is 0.0997. The standard InChI is InChI=1S/C18H16N8OS/c19-16(27)14-15(13-3-1-6-20-13)28-18(24-14)26(11-4-5-11)12-9-23-25(10-12)17-21-7-2-8-22-17/h1-3,6-11,20H,4-5H2,(H2,19,27). The van der Waals surface area contributed by atoms with E-state index in [1.165, 1.54) is 11.3 Å². The van der Waals surface area contributed by atoms with Crippen LogP contribution in [0.1, 0.15) is 23.3 Å². The van der Waals surface area contributed by atoms with E-state index < -0.39 is 5.91 Å². The van der Waals surface area contributed by atoms with E-state index in [-0.39, 0.29) is 5.69 Å². The average molecular weight is 392 g/mol. The predicted molar refractivity (Wildman–Crippen MR) is 105 cm³/mol. The van der Waals surface area contributed by atoms with Gasteiger partial charge in [0, 0.05) is 24.6 Å². The van der Waals surface area contributed by atoms with Gasteiger partial charge in [-0.05, 0) is 31.0 Å². The van der Waals surface area contributed by atoms with Crippen LogP contribution >= 0.6 is 11.3 Å². The maximum atomic E-state index is 12.0. The largest absolute Gasteiger partial charge is 0.364 e. The first-order valence-corrected chi connectivity index (χ1v) is 9.58. The molecule has 9 nitrogen and oxygen atoms in total. The summed E-state index contributed by atoms with van der Waals surface area (Å²) in [6.07, 6.45) is 10.9. The highest BCUT2D eigenvalue weighted by Crippen LogP contribution is 2.43. The summed E-state index contributed by atoms with van der Waals surface area (Å²) in [4.78, 5) is 30.9. The van der Waals surface area contributed by atoms with Gasteiger partial charge in [-0.2, -0.15) is 5.10 Å². The fourth-order valence-corrected chi connectivity index (χ4v) is 4.15. The molecule has 0 aromatic carbocycles. The number of hydrogen-bond donors (Lipinski definition) is 2. The van der Waals surface area contributed by atoms with Gasteiger partial charge in [0.05, 0.1) is 28.7 Å². The van der Waals surface area contributed by atoms with Gasteiger partial charge in [-0.25, -0.2) is 19.6 Å². The molecule has 0 aliphatic heterocycles. The molecule has 4 aromatic heterocycles. The number of amides is 1. The Balaban J connectivity index is 1.56. The Morgan fingerprint density at radius 3 is 2.79 bits per heavy atom. The third kappa shape index (κ3) is 2.93. The Hall–Kier alpha value is -3.53. The van der Waals surface area contributed by atoms with Gasteiger partial charge in [-0.3, -0.25) is 4.79 Å². The average Bonchev–Trinajstić information content (AvgIpc) is 3.12. The molecule has 10 heteroatoms. The first kappa shape index (κ1) is 16.6. The molecule has 4 heterocycles. The summed E-state index contributed by atoms with van der Waals surface area (Å²) in [6, 6.07) is 5.85. The maximum Gasteiger partial charge on any atom is 0.268 e. The normalized spacial score (nSPS) is 13.6. The van der Waals surface area contributed by atoms with E-state index >= 15 is 0 Å². The van der Waals surface area contributed by atoms with E-state index in [0.717, 1.165) is 34.2 Å². The number of nitrogens with zero attached hydrogens (tertiary/aromatic N) is 6. The summed E-state index contributed by atoms with van der Waals surface area (Å²) in [6.45, 7) is 0. The molecule has 0 saturated heterocycles. The van der Waals surface area contributed by atoms with Crippen molar-refractivity contribution in [1.29, 1.82) is 0 Å². The summed E-state index contributed by atoms with van der Waals surface area (Å²) >= 11 is 1.44. The molecule has 5 rings (SSSR count). The number of hydrogen-bond acceptors (Lipinski definition) is 7. The molecule has 1 saturated carbocycles. The lowest BCUT2D eigenvalue weighted by atomic mass is 10.3. The van der Waals surface area contributed by atoms with Gasteiger partial charge in [0.2, 0.25) is 5.95 Å². The summed E-state index contributed by atoms with van der Waals surface area (Å²) in [5.74, 6) is -0.0511. The van der Waals surface area contributed by atoms with Crippen LogP contribution in [-0.4, -0.2) is 41.7 Å². The number of primary amides is 1. The first-order chi connectivity index (χ1) is 13.7. The van der Waals surface area contributed by atoms with Gasteiger partial charge in [0.15, 0.2) is 10.8 Å². The smallest absolute Gasteiger partial charge is 0.268 e. The van der Waals surface area contributed by atoms with E-state index in [9.17, 15) is 4.79 Å². The van der Waals surface area contributed by atoms with E-state index in [4.69, 9.17) is 5.73 Å². The zero-order valence-corrected chi connectivity index (χ0v) is 15.5. The number of nitrogens with one attached hydrogen (secondary N) is 1. The predicted octanol–water partition coefficient (Wildman–Crippen LogP) is 2.51. The van der Waals surface area contributed by atoms with Crippen molar-refractivity contribution >= 4 is 28.1 Å². The van der Waals surface area contributed by atoms with Crippen molar-refractivity contribution in [2.24, 2.45) is 5.73 Å². The molecule has 1 amide bonds. The lowest BCUT2D eigenvalue weighted by Crippen LogP contribution is -2.19. The van der Waals surface area contributed by atoms with E-state index in [1.807, 2.05) is 24.5 Å². The van der Waals surface area contributed by atoms with Crippen molar-refractivity contribution in [2.45, 2.75) is 18.9 Å². The van der Waals surface area contributed by atoms with E-state index in [2.05, 4.69) is 29.9 Å². The van der Waals surface area contributed by atoms with Crippen LogP contribution in [-0.2, 0) is 0 Å². The molecular formula is C18H16N8OS. The molecule has 0 spiro atoms. The molecule has 28 heavy (non-hydrogen) atoms. The Labute approximate surface area is 163 Å². The van der Waals surface area contributed by atoms with Crippen molar-refractivity contribution in [3.8, 4) is 16.5 Å². The Morgan fingerprint density at radius 1 is 1.29 bits per heavy atom. The van der Waals surface area contributed by atoms with Gasteiger partial charge in [0.1, 0.15) is 0 Å². The highest BCUT2D eigenvalue weighted by Gasteiger charge is 2.34. The summed E-state index contributed by atoms with van der Waals surface area (Å²) < 4.78 is 1.62. The van der Waals surface area contributed by atoms with Crippen LogP contribution in [0.4, 0.5) is 10.8 Å². The molecule has 4 aromatic rings. The SMILES string of the molecule is NC(=O)c1nc(N(c2cnn(-c3ncccn3)c2)C2CC2)sc1-c1ccc[nH]1. The van der Waals surface area contributed by atoms with E-state index in [1.54, 1.807) is 29.3 Å². The topological polar surface area (TPSA) is 119 Å². The van der Waals surface area contributed by atoms with Crippen LogP contribution < -0.4 is 10.6 Å². The van der Waals surface area contributed by atoms with Crippen LogP contribution in [0, 0.1) is 0 Å². The van der Waals surface area contributed by atoms with Gasteiger partial charge in [-0.15, -0.1) is 0 Å². The van der Waals surface area contributed by atoms with Crippen molar-refractivity contribution in [3.63, 3.8) is 0 Å². The number of carbonyl (C=O) groups excluding carboxylic acids is 1. The number of nitrogens with two attached hydrogens (primary N) is 1. The molecule has 1 fully saturated rings. The second kappa shape index (κ2) is 6.57. The summed E-state index contributed by atoms with van der Waals surface area (Å²) in [7, 11) is 0. The Kier molecular flexibility index (Phi) is 3.90. The van der Waals surface area contributed by atoms with Crippen molar-refractivity contribution in [2.75, 3.05) is 4.90 Å². The monoisotopic (exact) mass is 392 g/mol. The Bertz CT molecular complexity index is 1110. The van der Waals surface area contributed by atoms with Crippen molar-refractivity contribution < 1.29 is 4.79 Å². The van der Waals surface area contributed by atoms with Gasteiger partial charge >= 0.3 is 0 Å². The molecule has 3 N–H and O–H groups in total. The van der Waals surface area contributed by atoms with Crippen LogP contribution in [0.3, 0.4) is 0 Å². The van der Waals surface area contributed by atoms with Crippen LogP contribution in [0.5, 0.6) is 0 Å². The zero-order valence-electron chi connectivity index (χ0n) is 14.7. The lowest BCUT2D eigenvalue weighted by Gasteiger charge is -2.19. The van der Waals surface area contributed by atoms with Crippen LogP contribution in [0.15, 0.2) is 49.2 Å². The number of H-pyrrole nitrogens is 1. The molecule has 0 radical (unpaired) electrons. The highest BCUT2D eigenvalue weighted by molar-refractivity contribution is 7.19. The summed E-state index contributed by atoms with van der Waals surface area (Å²) in [5, 5.41) is 5.10.